The summed E-state index contributed by atoms with van der Waals surface area (Å²) in [6.45, 7) is 0. The molecule has 0 saturated carbocycles. The van der Waals surface area contributed by atoms with Crippen LogP contribution in [0.1, 0.15) is 23.5 Å². The van der Waals surface area contributed by atoms with Gasteiger partial charge in [0.05, 0.1) is 23.9 Å². The fraction of sp³-hybridized carbons (Fsp3) is 0.120. The van der Waals surface area contributed by atoms with Gasteiger partial charge in [-0.2, -0.15) is 0 Å². The van der Waals surface area contributed by atoms with Gasteiger partial charge in [-0.25, -0.2) is 0 Å². The van der Waals surface area contributed by atoms with Gasteiger partial charge in [0.2, 0.25) is 0 Å². The van der Waals surface area contributed by atoms with Gasteiger partial charge in [-0.1, -0.05) is 45.7 Å². The number of methoxy groups -OCH3 is 1. The lowest BCUT2D eigenvalue weighted by Gasteiger charge is -2.26. The van der Waals surface area contributed by atoms with Crippen molar-refractivity contribution in [3.8, 4) is 17.1 Å². The van der Waals surface area contributed by atoms with E-state index < -0.39 is 0 Å². The molecule has 1 saturated heterocycles. The summed E-state index contributed by atoms with van der Waals surface area (Å²) in [4.78, 5) is 6.59. The zero-order chi connectivity index (χ0) is 22.9. The largest absolute Gasteiger partial charge is 0.495 e. The topological polar surface area (TPSA) is 50.5 Å². The molecule has 5 rings (SSSR count). The standard InChI is InChI=1S/C25H19BrClN3O2S/c1-31-21-10-9-17(14-18(21)27)30-24(23(29-25(30)33)19-4-2-3-13-28-19)22-12-11-20(32-22)15-5-7-16(26)8-6-15/h2-14,23-24H,1H3,(H,29,33)/t23-,24-/m1/s1. The van der Waals surface area contributed by atoms with E-state index in [9.17, 15) is 0 Å². The van der Waals surface area contributed by atoms with Crippen molar-refractivity contribution in [2.45, 2.75) is 12.1 Å². The second-order valence-corrected chi connectivity index (χ2v) is 9.23. The molecule has 2 aromatic carbocycles. The number of pyridine rings is 1. The highest BCUT2D eigenvalue weighted by Crippen LogP contribution is 2.44. The number of nitrogens with zero attached hydrogens (tertiary/aromatic N) is 2. The van der Waals surface area contributed by atoms with Crippen molar-refractivity contribution in [3.05, 3.63) is 99.9 Å². The average molecular weight is 541 g/mol. The monoisotopic (exact) mass is 539 g/mol. The summed E-state index contributed by atoms with van der Waals surface area (Å²) in [7, 11) is 1.59. The minimum atomic E-state index is -0.263. The third-order valence-corrected chi connectivity index (χ3v) is 6.70. The van der Waals surface area contributed by atoms with Crippen LogP contribution in [-0.2, 0) is 0 Å². The van der Waals surface area contributed by atoms with Crippen LogP contribution < -0.4 is 15.0 Å². The lowest BCUT2D eigenvalue weighted by Crippen LogP contribution is -2.29. The molecule has 1 aliphatic heterocycles. The maximum absolute atomic E-state index is 6.44. The highest BCUT2D eigenvalue weighted by atomic mass is 79.9. The number of anilines is 1. The van der Waals surface area contributed by atoms with Crippen molar-refractivity contribution in [1.82, 2.24) is 10.3 Å². The van der Waals surface area contributed by atoms with E-state index in [1.807, 2.05) is 77.7 Å². The van der Waals surface area contributed by atoms with E-state index in [-0.39, 0.29) is 12.1 Å². The lowest BCUT2D eigenvalue weighted by molar-refractivity contribution is 0.415. The van der Waals surface area contributed by atoms with Crippen molar-refractivity contribution in [2.75, 3.05) is 12.0 Å². The van der Waals surface area contributed by atoms with E-state index in [4.69, 9.17) is 33.0 Å². The molecule has 0 aliphatic carbocycles. The van der Waals surface area contributed by atoms with Crippen LogP contribution in [-0.4, -0.2) is 17.2 Å². The third kappa shape index (κ3) is 4.24. The van der Waals surface area contributed by atoms with Crippen LogP contribution in [0.3, 0.4) is 0 Å². The Balaban J connectivity index is 1.59. The molecule has 8 heteroatoms. The van der Waals surface area contributed by atoms with Crippen molar-refractivity contribution in [2.24, 2.45) is 0 Å². The summed E-state index contributed by atoms with van der Waals surface area (Å²) >= 11 is 15.7. The number of furan rings is 1. The number of thiocarbonyl (C=S) groups is 1. The van der Waals surface area contributed by atoms with Gasteiger partial charge < -0.3 is 19.4 Å². The molecule has 166 valence electrons. The maximum atomic E-state index is 6.44. The molecule has 0 unspecified atom stereocenters. The van der Waals surface area contributed by atoms with Gasteiger partial charge in [0.1, 0.15) is 23.3 Å². The van der Waals surface area contributed by atoms with E-state index in [2.05, 4.69) is 26.2 Å². The van der Waals surface area contributed by atoms with Crippen molar-refractivity contribution in [3.63, 3.8) is 0 Å². The average Bonchev–Trinajstić information content (AvgIpc) is 3.44. The minimum Gasteiger partial charge on any atom is -0.495 e. The molecule has 2 atom stereocenters. The second-order valence-electron chi connectivity index (χ2n) is 7.52. The summed E-state index contributed by atoms with van der Waals surface area (Å²) in [6, 6.07) is 23.0. The third-order valence-electron chi connectivity index (χ3n) is 5.56. The number of halogens is 2. The summed E-state index contributed by atoms with van der Waals surface area (Å²) in [5.41, 5.74) is 2.70. The van der Waals surface area contributed by atoms with Crippen molar-refractivity contribution < 1.29 is 9.15 Å². The Bertz CT molecular complexity index is 1300. The molecule has 0 spiro atoms. The molecule has 1 fully saturated rings. The number of hydrogen-bond acceptors (Lipinski definition) is 4. The summed E-state index contributed by atoms with van der Waals surface area (Å²) in [6.07, 6.45) is 1.78. The van der Waals surface area contributed by atoms with Gasteiger partial charge in [-0.05, 0) is 66.8 Å². The zero-order valence-electron chi connectivity index (χ0n) is 17.5. The minimum absolute atomic E-state index is 0.205. The van der Waals surface area contributed by atoms with Crippen LogP contribution in [0.5, 0.6) is 5.75 Å². The van der Waals surface area contributed by atoms with Crippen LogP contribution in [0.4, 0.5) is 5.69 Å². The number of benzene rings is 2. The van der Waals surface area contributed by atoms with E-state index >= 15 is 0 Å². The van der Waals surface area contributed by atoms with Crippen LogP contribution in [0, 0.1) is 0 Å². The first-order valence-electron chi connectivity index (χ1n) is 10.2. The summed E-state index contributed by atoms with van der Waals surface area (Å²) in [5, 5.41) is 4.50. The van der Waals surface area contributed by atoms with Gasteiger partial charge in [0, 0.05) is 21.9 Å². The van der Waals surface area contributed by atoms with Crippen LogP contribution in [0.2, 0.25) is 5.02 Å². The van der Waals surface area contributed by atoms with Gasteiger partial charge in [-0.15, -0.1) is 0 Å². The Kier molecular flexibility index (Phi) is 6.10. The molecular weight excluding hydrogens is 522 g/mol. The molecule has 1 N–H and O–H groups in total. The highest BCUT2D eigenvalue weighted by Gasteiger charge is 2.42. The van der Waals surface area contributed by atoms with Crippen molar-refractivity contribution in [1.29, 1.82) is 0 Å². The van der Waals surface area contributed by atoms with Gasteiger partial charge in [0.25, 0.3) is 0 Å². The number of ether oxygens (including phenoxy) is 1. The molecule has 4 aromatic rings. The fourth-order valence-electron chi connectivity index (χ4n) is 4.01. The Labute approximate surface area is 210 Å². The zero-order valence-corrected chi connectivity index (χ0v) is 20.7. The SMILES string of the molecule is COc1ccc(N2C(=S)N[C@H](c3ccccn3)[C@H]2c2ccc(-c3ccc(Br)cc3)o2)cc1Cl. The first-order chi connectivity index (χ1) is 16.0. The maximum Gasteiger partial charge on any atom is 0.174 e. The Morgan fingerprint density at radius 1 is 1.09 bits per heavy atom. The number of rotatable bonds is 5. The highest BCUT2D eigenvalue weighted by molar-refractivity contribution is 9.10. The van der Waals surface area contributed by atoms with Crippen molar-refractivity contribution >= 4 is 50.5 Å². The molecule has 5 nitrogen and oxygen atoms in total. The Hall–Kier alpha value is -2.87. The Morgan fingerprint density at radius 3 is 2.61 bits per heavy atom. The molecular formula is C25H19BrClN3O2S. The summed E-state index contributed by atoms with van der Waals surface area (Å²) < 4.78 is 12.7. The molecule has 0 bridgehead atoms. The van der Waals surface area contributed by atoms with Gasteiger partial charge in [-0.3, -0.25) is 4.98 Å². The molecule has 3 heterocycles. The number of nitrogens with one attached hydrogen (secondary N) is 1. The van der Waals surface area contributed by atoms with E-state index in [1.54, 1.807) is 13.3 Å². The lowest BCUT2D eigenvalue weighted by atomic mass is 10.0. The first kappa shape index (κ1) is 21.9. The Morgan fingerprint density at radius 2 is 1.91 bits per heavy atom. The van der Waals surface area contributed by atoms with E-state index in [1.165, 1.54) is 0 Å². The van der Waals surface area contributed by atoms with Gasteiger partial charge >= 0.3 is 0 Å². The smallest absolute Gasteiger partial charge is 0.174 e. The molecule has 2 aromatic heterocycles. The van der Waals surface area contributed by atoms with Crippen LogP contribution in [0.25, 0.3) is 11.3 Å². The predicted molar refractivity (Wildman–Crippen MR) is 138 cm³/mol. The van der Waals surface area contributed by atoms with E-state index in [0.717, 1.165) is 32.9 Å². The summed E-state index contributed by atoms with van der Waals surface area (Å²) in [5.74, 6) is 2.15. The molecule has 1 aliphatic rings. The predicted octanol–water partition coefficient (Wildman–Crippen LogP) is 6.94. The molecule has 0 amide bonds. The quantitative estimate of drug-likeness (QED) is 0.277. The van der Waals surface area contributed by atoms with Gasteiger partial charge in [0.15, 0.2) is 5.11 Å². The first-order valence-corrected chi connectivity index (χ1v) is 11.8. The fourth-order valence-corrected chi connectivity index (χ4v) is 4.87. The normalized spacial score (nSPS) is 17.8. The molecule has 33 heavy (non-hydrogen) atoms. The number of aromatic nitrogens is 1. The second kappa shape index (κ2) is 9.17. The van der Waals surface area contributed by atoms with Crippen LogP contribution in [0.15, 0.2) is 87.9 Å². The van der Waals surface area contributed by atoms with E-state index in [0.29, 0.717) is 15.9 Å². The number of hydrogen-bond donors (Lipinski definition) is 1. The molecule has 0 radical (unpaired) electrons. The van der Waals surface area contributed by atoms with Crippen LogP contribution >= 0.6 is 39.7 Å².